The Balaban J connectivity index is 1.58. The number of nitrogens with zero attached hydrogens (tertiary/aromatic N) is 3. The first-order valence-corrected chi connectivity index (χ1v) is 11.0. The molecule has 0 aliphatic carbocycles. The van der Waals surface area contributed by atoms with Gasteiger partial charge in [-0.25, -0.2) is 13.4 Å². The van der Waals surface area contributed by atoms with E-state index in [9.17, 15) is 13.2 Å². The Kier molecular flexibility index (Phi) is 4.44. The summed E-state index contributed by atoms with van der Waals surface area (Å²) in [6.07, 6.45) is 0. The Hall–Kier alpha value is -1.71. The molecule has 9 heteroatoms. The van der Waals surface area contributed by atoms with Crippen molar-refractivity contribution in [3.05, 3.63) is 22.9 Å². The molecule has 0 unspecified atom stereocenters. The first-order chi connectivity index (χ1) is 12.7. The van der Waals surface area contributed by atoms with E-state index in [2.05, 4.69) is 9.88 Å². The minimum Gasteiger partial charge on any atom is -0.481 e. The fourth-order valence-corrected chi connectivity index (χ4v) is 6.82. The van der Waals surface area contributed by atoms with Gasteiger partial charge in [0.15, 0.2) is 9.84 Å². The molecule has 148 valence electrons. The molecule has 0 saturated carbocycles. The first-order valence-electron chi connectivity index (χ1n) is 9.28. The zero-order valence-electron chi connectivity index (χ0n) is 15.9. The number of ether oxygens (including phenoxy) is 1. The molecule has 3 atom stereocenters. The van der Waals surface area contributed by atoms with Gasteiger partial charge in [0, 0.05) is 43.2 Å². The van der Waals surface area contributed by atoms with Gasteiger partial charge in [0.1, 0.15) is 0 Å². The van der Waals surface area contributed by atoms with Crippen molar-refractivity contribution in [2.24, 2.45) is 11.7 Å². The lowest BCUT2D eigenvalue weighted by Gasteiger charge is -2.19. The molecule has 2 saturated heterocycles. The quantitative estimate of drug-likeness (QED) is 0.767. The van der Waals surface area contributed by atoms with Gasteiger partial charge in [-0.05, 0) is 19.9 Å². The number of carbonyl (C=O) groups excluding carboxylic acids is 1. The highest BCUT2D eigenvalue weighted by atomic mass is 32.2. The number of nitrogens with two attached hydrogens (primary N) is 1. The molecule has 3 aliphatic heterocycles. The van der Waals surface area contributed by atoms with Crippen LogP contribution in [0.3, 0.4) is 0 Å². The van der Waals surface area contributed by atoms with Crippen LogP contribution in [-0.2, 0) is 22.9 Å². The molecule has 3 aliphatic rings. The number of sulfone groups is 1. The number of methoxy groups -OCH3 is 1. The highest BCUT2D eigenvalue weighted by Gasteiger charge is 2.50. The average Bonchev–Trinajstić information content (AvgIpc) is 3.22. The van der Waals surface area contributed by atoms with E-state index < -0.39 is 9.84 Å². The van der Waals surface area contributed by atoms with Gasteiger partial charge in [-0.2, -0.15) is 0 Å². The molecule has 27 heavy (non-hydrogen) atoms. The molecule has 2 N–H and O–H groups in total. The first kappa shape index (κ1) is 18.6. The number of aromatic nitrogens is 1. The van der Waals surface area contributed by atoms with Crippen molar-refractivity contribution in [1.29, 1.82) is 0 Å². The maximum absolute atomic E-state index is 12.7. The van der Waals surface area contributed by atoms with Crippen LogP contribution in [0.15, 0.2) is 6.07 Å². The number of hydrogen-bond donors (Lipinski definition) is 1. The van der Waals surface area contributed by atoms with Gasteiger partial charge in [0.2, 0.25) is 5.88 Å². The van der Waals surface area contributed by atoms with Crippen LogP contribution in [0.25, 0.3) is 0 Å². The minimum atomic E-state index is -3.12. The van der Waals surface area contributed by atoms with Gasteiger partial charge in [-0.15, -0.1) is 0 Å². The van der Waals surface area contributed by atoms with Crippen LogP contribution in [0.2, 0.25) is 0 Å². The number of amides is 1. The zero-order chi connectivity index (χ0) is 19.5. The topological polar surface area (TPSA) is 106 Å². The van der Waals surface area contributed by atoms with Gasteiger partial charge in [-0.1, -0.05) is 0 Å². The van der Waals surface area contributed by atoms with Crippen molar-refractivity contribution in [3.63, 3.8) is 0 Å². The van der Waals surface area contributed by atoms with E-state index in [1.54, 1.807) is 12.0 Å². The van der Waals surface area contributed by atoms with E-state index in [0.29, 0.717) is 37.6 Å². The predicted octanol–water partition coefficient (Wildman–Crippen LogP) is 0.0105. The van der Waals surface area contributed by atoms with E-state index in [1.165, 1.54) is 0 Å². The van der Waals surface area contributed by atoms with Gasteiger partial charge in [-0.3, -0.25) is 9.69 Å². The van der Waals surface area contributed by atoms with Crippen LogP contribution in [-0.4, -0.2) is 72.4 Å². The minimum absolute atomic E-state index is 0.0145. The van der Waals surface area contributed by atoms with Gasteiger partial charge < -0.3 is 15.4 Å². The molecule has 0 radical (unpaired) electrons. The second-order valence-electron chi connectivity index (χ2n) is 8.07. The van der Waals surface area contributed by atoms with Crippen molar-refractivity contribution in [3.8, 4) is 5.88 Å². The molecule has 0 spiro atoms. The second kappa shape index (κ2) is 6.42. The molecule has 4 heterocycles. The van der Waals surface area contributed by atoms with Gasteiger partial charge >= 0.3 is 0 Å². The molecular formula is C18H26N4O4S. The van der Waals surface area contributed by atoms with Crippen LogP contribution in [0.5, 0.6) is 5.88 Å². The summed E-state index contributed by atoms with van der Waals surface area (Å²) < 4.78 is 30.0. The number of hydrogen-bond acceptors (Lipinski definition) is 7. The van der Waals surface area contributed by atoms with Crippen molar-refractivity contribution in [1.82, 2.24) is 14.8 Å². The van der Waals surface area contributed by atoms with Gasteiger partial charge in [0.05, 0.1) is 35.9 Å². The molecule has 1 aromatic heterocycles. The third-order valence-electron chi connectivity index (χ3n) is 5.98. The Labute approximate surface area is 159 Å². The summed E-state index contributed by atoms with van der Waals surface area (Å²) in [4.78, 5) is 21.1. The third-order valence-corrected chi connectivity index (χ3v) is 8.25. The highest BCUT2D eigenvalue weighted by Crippen LogP contribution is 2.35. The summed E-state index contributed by atoms with van der Waals surface area (Å²) in [6.45, 7) is 6.05. The Morgan fingerprint density at radius 3 is 2.74 bits per heavy atom. The third kappa shape index (κ3) is 3.01. The summed E-state index contributed by atoms with van der Waals surface area (Å²) >= 11 is 0. The number of fused-ring (bicyclic) bond motifs is 2. The number of rotatable bonds is 4. The largest absolute Gasteiger partial charge is 0.481 e. The smallest absolute Gasteiger partial charge is 0.256 e. The van der Waals surface area contributed by atoms with E-state index in [4.69, 9.17) is 10.5 Å². The average molecular weight is 394 g/mol. The lowest BCUT2D eigenvalue weighted by Crippen LogP contribution is -2.33. The van der Waals surface area contributed by atoms with Crippen LogP contribution in [0.1, 0.15) is 35.5 Å². The molecular weight excluding hydrogens is 368 g/mol. The van der Waals surface area contributed by atoms with Gasteiger partial charge in [0.25, 0.3) is 5.91 Å². The SMILES string of the molecule is COc1nc2c(cc1CN1C[C@H]3[C@H](N)CS(=O)(=O)[C@H]3C1)C(=O)N(C(C)C)C2. The monoisotopic (exact) mass is 394 g/mol. The van der Waals surface area contributed by atoms with Crippen LogP contribution < -0.4 is 10.5 Å². The Morgan fingerprint density at radius 1 is 1.37 bits per heavy atom. The zero-order valence-corrected chi connectivity index (χ0v) is 16.7. The number of likely N-dealkylation sites (tertiary alicyclic amines) is 1. The standard InChI is InChI=1S/C18H26N4O4S/c1-10(2)22-7-15-12(18(22)23)4-11(17(20-15)26-3)5-21-6-13-14(19)9-27(24,25)16(13)8-21/h4,10,13-14,16H,5-9,19H2,1-3H3/t13-,14+,16-/m0/s1. The Morgan fingerprint density at radius 2 is 2.11 bits per heavy atom. The molecule has 4 rings (SSSR count). The fraction of sp³-hybridized carbons (Fsp3) is 0.667. The summed E-state index contributed by atoms with van der Waals surface area (Å²) in [6, 6.07) is 1.66. The van der Waals surface area contributed by atoms with E-state index in [-0.39, 0.29) is 34.9 Å². The maximum atomic E-state index is 12.7. The van der Waals surface area contributed by atoms with Crippen molar-refractivity contribution in [2.75, 3.05) is 26.0 Å². The molecule has 8 nitrogen and oxygen atoms in total. The van der Waals surface area contributed by atoms with E-state index >= 15 is 0 Å². The maximum Gasteiger partial charge on any atom is 0.256 e. The van der Waals surface area contributed by atoms with Crippen molar-refractivity contribution < 1.29 is 17.9 Å². The molecule has 2 fully saturated rings. The number of carbonyl (C=O) groups is 1. The van der Waals surface area contributed by atoms with Crippen molar-refractivity contribution >= 4 is 15.7 Å². The second-order valence-corrected chi connectivity index (χ2v) is 10.3. The number of pyridine rings is 1. The fourth-order valence-electron chi connectivity index (χ4n) is 4.53. The normalized spacial score (nSPS) is 29.4. The van der Waals surface area contributed by atoms with E-state index in [1.807, 2.05) is 19.9 Å². The van der Waals surface area contributed by atoms with Crippen molar-refractivity contribution in [2.45, 2.75) is 44.3 Å². The van der Waals surface area contributed by atoms with E-state index in [0.717, 1.165) is 11.3 Å². The summed E-state index contributed by atoms with van der Waals surface area (Å²) in [5.41, 5.74) is 8.20. The van der Waals surface area contributed by atoms with Crippen LogP contribution in [0, 0.1) is 5.92 Å². The summed E-state index contributed by atoms with van der Waals surface area (Å²) in [5, 5.41) is -0.390. The van der Waals surface area contributed by atoms with Crippen LogP contribution in [0.4, 0.5) is 0 Å². The van der Waals surface area contributed by atoms with Crippen LogP contribution >= 0.6 is 0 Å². The Bertz CT molecular complexity index is 886. The summed E-state index contributed by atoms with van der Waals surface area (Å²) in [7, 11) is -1.56. The molecule has 0 aromatic carbocycles. The molecule has 0 bridgehead atoms. The predicted molar refractivity (Wildman–Crippen MR) is 100 cm³/mol. The highest BCUT2D eigenvalue weighted by molar-refractivity contribution is 7.92. The molecule has 1 aromatic rings. The summed E-state index contributed by atoms with van der Waals surface area (Å²) in [5.74, 6) is 0.538. The molecule has 1 amide bonds. The lowest BCUT2D eigenvalue weighted by atomic mass is 10.0. The lowest BCUT2D eigenvalue weighted by molar-refractivity contribution is 0.0730.